The number of nitrogens with zero attached hydrogens (tertiary/aromatic N) is 4. The Balaban J connectivity index is 1.49. The van der Waals surface area contributed by atoms with E-state index in [4.69, 9.17) is 5.73 Å². The number of nitrogens with two attached hydrogens (primary N) is 1. The normalized spacial score (nSPS) is 14.2. The highest BCUT2D eigenvalue weighted by molar-refractivity contribution is 5.93. The zero-order valence-electron chi connectivity index (χ0n) is 15.3. The Hall–Kier alpha value is -3.02. The number of aromatic nitrogens is 3. The van der Waals surface area contributed by atoms with Crippen LogP contribution in [0.25, 0.3) is 22.2 Å². The van der Waals surface area contributed by atoms with E-state index in [0.29, 0.717) is 6.42 Å². The maximum Gasteiger partial charge on any atom is 0.222 e. The molecular formula is C21H23N5O. The average Bonchev–Trinajstić information content (AvgIpc) is 3.09. The highest BCUT2D eigenvalue weighted by Gasteiger charge is 2.19. The van der Waals surface area contributed by atoms with Crippen molar-refractivity contribution in [1.82, 2.24) is 19.9 Å². The molecule has 1 saturated heterocycles. The molecule has 27 heavy (non-hydrogen) atoms. The molecule has 2 aromatic heterocycles. The molecule has 1 fully saturated rings. The van der Waals surface area contributed by atoms with Gasteiger partial charge in [-0.05, 0) is 43.9 Å². The first-order chi connectivity index (χ1) is 13.2. The number of anilines is 1. The van der Waals surface area contributed by atoms with E-state index in [1.807, 2.05) is 41.3 Å². The van der Waals surface area contributed by atoms with Crippen molar-refractivity contribution in [2.75, 3.05) is 18.8 Å². The molecule has 4 rings (SSSR count). The summed E-state index contributed by atoms with van der Waals surface area (Å²) in [6, 6.07) is 12.0. The Morgan fingerprint density at radius 2 is 2.04 bits per heavy atom. The molecule has 0 spiro atoms. The molecule has 2 N–H and O–H groups in total. The van der Waals surface area contributed by atoms with Crippen molar-refractivity contribution in [1.29, 1.82) is 0 Å². The molecule has 6 heteroatoms. The second kappa shape index (κ2) is 7.70. The zero-order valence-corrected chi connectivity index (χ0v) is 15.3. The van der Waals surface area contributed by atoms with Crippen LogP contribution in [0.3, 0.4) is 0 Å². The van der Waals surface area contributed by atoms with Gasteiger partial charge in [0.15, 0.2) is 0 Å². The molecule has 1 amide bonds. The van der Waals surface area contributed by atoms with E-state index >= 15 is 0 Å². The van der Waals surface area contributed by atoms with Crippen LogP contribution in [0.1, 0.15) is 31.4 Å². The predicted molar refractivity (Wildman–Crippen MR) is 106 cm³/mol. The van der Waals surface area contributed by atoms with Crippen LogP contribution in [0.4, 0.5) is 5.95 Å². The van der Waals surface area contributed by atoms with Gasteiger partial charge in [0.25, 0.3) is 0 Å². The van der Waals surface area contributed by atoms with Gasteiger partial charge in [0.2, 0.25) is 11.9 Å². The summed E-state index contributed by atoms with van der Waals surface area (Å²) in [4.78, 5) is 26.9. The summed E-state index contributed by atoms with van der Waals surface area (Å²) >= 11 is 0. The number of hydrogen-bond donors (Lipinski definition) is 1. The Labute approximate surface area is 158 Å². The van der Waals surface area contributed by atoms with Crippen molar-refractivity contribution < 1.29 is 4.79 Å². The number of likely N-dealkylation sites (tertiary alicyclic amines) is 1. The number of pyridine rings is 1. The highest BCUT2D eigenvalue weighted by Crippen LogP contribution is 2.27. The van der Waals surface area contributed by atoms with Crippen molar-refractivity contribution >= 4 is 22.8 Å². The minimum absolute atomic E-state index is 0.285. The second-order valence-electron chi connectivity index (χ2n) is 6.92. The van der Waals surface area contributed by atoms with Crippen molar-refractivity contribution in [2.24, 2.45) is 0 Å². The molecule has 3 heterocycles. The largest absolute Gasteiger partial charge is 0.368 e. The minimum Gasteiger partial charge on any atom is -0.368 e. The molecule has 0 aliphatic carbocycles. The number of carbonyl (C=O) groups is 1. The van der Waals surface area contributed by atoms with Crippen LogP contribution < -0.4 is 5.73 Å². The van der Waals surface area contributed by atoms with Crippen molar-refractivity contribution in [3.63, 3.8) is 0 Å². The lowest BCUT2D eigenvalue weighted by molar-refractivity contribution is -0.127. The van der Waals surface area contributed by atoms with Gasteiger partial charge in [-0.15, -0.1) is 0 Å². The molecule has 3 aromatic rings. The van der Waals surface area contributed by atoms with Gasteiger partial charge in [-0.25, -0.2) is 9.97 Å². The molecular weight excluding hydrogens is 338 g/mol. The van der Waals surface area contributed by atoms with Crippen LogP contribution in [0.15, 0.2) is 42.6 Å². The summed E-state index contributed by atoms with van der Waals surface area (Å²) in [6.45, 7) is 1.74. The summed E-state index contributed by atoms with van der Waals surface area (Å²) < 4.78 is 0. The van der Waals surface area contributed by atoms with E-state index in [-0.39, 0.29) is 11.9 Å². The lowest BCUT2D eigenvalue weighted by atomic mass is 10.0. The minimum atomic E-state index is 0.285. The fourth-order valence-corrected chi connectivity index (χ4v) is 3.66. The average molecular weight is 361 g/mol. The summed E-state index contributed by atoms with van der Waals surface area (Å²) in [5, 5.41) is 1.05. The van der Waals surface area contributed by atoms with Gasteiger partial charge < -0.3 is 10.6 Å². The third kappa shape index (κ3) is 3.89. The predicted octanol–water partition coefficient (Wildman–Crippen LogP) is 3.22. The van der Waals surface area contributed by atoms with E-state index < -0.39 is 0 Å². The Bertz CT molecular complexity index is 966. The summed E-state index contributed by atoms with van der Waals surface area (Å²) in [6.07, 6.45) is 6.25. The number of unbranched alkanes of at least 4 members (excludes halogenated alkanes) is 1. The molecule has 1 aliphatic heterocycles. The molecule has 0 bridgehead atoms. The van der Waals surface area contributed by atoms with E-state index in [2.05, 4.69) is 15.0 Å². The third-order valence-corrected chi connectivity index (χ3v) is 5.00. The van der Waals surface area contributed by atoms with Gasteiger partial charge in [-0.2, -0.15) is 0 Å². The molecule has 0 radical (unpaired) electrons. The first kappa shape index (κ1) is 17.4. The van der Waals surface area contributed by atoms with Crippen LogP contribution >= 0.6 is 0 Å². The third-order valence-electron chi connectivity index (χ3n) is 5.00. The Morgan fingerprint density at radius 1 is 1.11 bits per heavy atom. The molecule has 1 aromatic carbocycles. The number of amides is 1. The standard InChI is InChI=1S/C21H23N5O/c22-21-24-15(6-1-2-12-26-13-5-10-20(26)27)14-19(25-21)17-7-3-9-18-16(17)8-4-11-23-18/h3-4,7-9,11,14H,1-2,5-6,10,12-13H2,(H2,22,24,25). The van der Waals surface area contributed by atoms with Gasteiger partial charge >= 0.3 is 0 Å². The number of fused-ring (bicyclic) bond motifs is 1. The fourth-order valence-electron chi connectivity index (χ4n) is 3.66. The van der Waals surface area contributed by atoms with Crippen molar-refractivity contribution in [3.05, 3.63) is 48.3 Å². The molecule has 138 valence electrons. The number of nitrogen functional groups attached to an aromatic ring is 1. The van der Waals surface area contributed by atoms with Crippen LogP contribution in [-0.2, 0) is 11.2 Å². The maximum absolute atomic E-state index is 11.7. The van der Waals surface area contributed by atoms with Crippen LogP contribution in [0.2, 0.25) is 0 Å². The number of rotatable bonds is 6. The molecule has 6 nitrogen and oxygen atoms in total. The molecule has 0 saturated carbocycles. The maximum atomic E-state index is 11.7. The monoisotopic (exact) mass is 361 g/mol. The van der Waals surface area contributed by atoms with Crippen molar-refractivity contribution in [2.45, 2.75) is 32.1 Å². The number of benzene rings is 1. The van der Waals surface area contributed by atoms with Gasteiger partial charge in [-0.3, -0.25) is 9.78 Å². The second-order valence-corrected chi connectivity index (χ2v) is 6.92. The van der Waals surface area contributed by atoms with Crippen molar-refractivity contribution in [3.8, 4) is 11.3 Å². The van der Waals surface area contributed by atoms with Gasteiger partial charge in [-0.1, -0.05) is 18.2 Å². The summed E-state index contributed by atoms with van der Waals surface area (Å²) in [5.41, 5.74) is 9.68. The molecule has 1 aliphatic rings. The number of carbonyl (C=O) groups excluding carboxylic acids is 1. The summed E-state index contributed by atoms with van der Waals surface area (Å²) in [5.74, 6) is 0.575. The molecule has 0 atom stereocenters. The lowest BCUT2D eigenvalue weighted by Crippen LogP contribution is -2.25. The van der Waals surface area contributed by atoms with Crippen LogP contribution in [0, 0.1) is 0 Å². The van der Waals surface area contributed by atoms with Crippen LogP contribution in [-0.4, -0.2) is 38.8 Å². The van der Waals surface area contributed by atoms with Gasteiger partial charge in [0, 0.05) is 42.4 Å². The van der Waals surface area contributed by atoms with E-state index in [1.165, 1.54) is 0 Å². The van der Waals surface area contributed by atoms with E-state index in [9.17, 15) is 4.79 Å². The topological polar surface area (TPSA) is 85.0 Å². The first-order valence-electron chi connectivity index (χ1n) is 9.46. The summed E-state index contributed by atoms with van der Waals surface area (Å²) in [7, 11) is 0. The van der Waals surface area contributed by atoms with Crippen LogP contribution in [0.5, 0.6) is 0 Å². The smallest absolute Gasteiger partial charge is 0.222 e. The highest BCUT2D eigenvalue weighted by atomic mass is 16.2. The first-order valence-corrected chi connectivity index (χ1v) is 9.46. The Kier molecular flexibility index (Phi) is 4.96. The Morgan fingerprint density at radius 3 is 2.89 bits per heavy atom. The molecule has 0 unspecified atom stereocenters. The van der Waals surface area contributed by atoms with E-state index in [1.54, 1.807) is 6.20 Å². The SMILES string of the molecule is Nc1nc(CCCCN2CCCC2=O)cc(-c2cccc3ncccc23)n1. The number of aryl methyl sites for hydroxylation is 1. The quantitative estimate of drug-likeness (QED) is 0.682. The van der Waals surface area contributed by atoms with E-state index in [0.717, 1.165) is 66.6 Å². The van der Waals surface area contributed by atoms with Gasteiger partial charge in [0.05, 0.1) is 11.2 Å². The zero-order chi connectivity index (χ0) is 18.6. The lowest BCUT2D eigenvalue weighted by Gasteiger charge is -2.15. The number of hydrogen-bond acceptors (Lipinski definition) is 5. The fraction of sp³-hybridized carbons (Fsp3) is 0.333. The van der Waals surface area contributed by atoms with Gasteiger partial charge in [0.1, 0.15) is 0 Å².